The van der Waals surface area contributed by atoms with Crippen molar-refractivity contribution in [1.29, 1.82) is 0 Å². The van der Waals surface area contributed by atoms with Gasteiger partial charge in [-0.15, -0.1) is 0 Å². The fourth-order valence-corrected chi connectivity index (χ4v) is 4.98. The zero-order chi connectivity index (χ0) is 22.3. The van der Waals surface area contributed by atoms with Crippen LogP contribution in [-0.4, -0.2) is 6.71 Å². The average molecular weight is 432 g/mol. The van der Waals surface area contributed by atoms with E-state index in [4.69, 9.17) is 4.74 Å². The molecule has 0 bridgehead atoms. The van der Waals surface area contributed by atoms with Crippen molar-refractivity contribution in [3.8, 4) is 11.5 Å². The monoisotopic (exact) mass is 432 g/mol. The van der Waals surface area contributed by atoms with Gasteiger partial charge in [-0.05, 0) is 46.3 Å². The molecule has 0 spiro atoms. The first kappa shape index (κ1) is 20.0. The summed E-state index contributed by atoms with van der Waals surface area (Å²) in [5.74, 6) is 0.452. The lowest BCUT2D eigenvalue weighted by molar-refractivity contribution is -0.139. The highest BCUT2D eigenvalue weighted by Crippen LogP contribution is 2.45. The van der Waals surface area contributed by atoms with Crippen LogP contribution in [0.5, 0.6) is 11.5 Å². The number of alkyl halides is 6. The first-order chi connectivity index (χ1) is 14.4. The standard InChI is InChI=1S/C23H15BF6O/c1-21(2)13-5-3-4-6-15(13)24-16-11-12(22(25,26)27)7-9-17(16)31-18-10-8-14(23(28,29)30)19(21)20(18)24/h3-11H,1-2H3. The molecule has 0 radical (unpaired) electrons. The summed E-state index contributed by atoms with van der Waals surface area (Å²) in [6.45, 7) is 2.62. The van der Waals surface area contributed by atoms with E-state index in [0.717, 1.165) is 18.2 Å². The van der Waals surface area contributed by atoms with Gasteiger partial charge in [0.1, 0.15) is 11.5 Å². The number of rotatable bonds is 0. The molecular formula is C23H15BF6O. The fraction of sp³-hybridized carbons (Fsp3) is 0.217. The van der Waals surface area contributed by atoms with Crippen LogP contribution in [0.2, 0.25) is 0 Å². The number of hydrogen-bond acceptors (Lipinski definition) is 1. The van der Waals surface area contributed by atoms with Crippen molar-refractivity contribution in [1.82, 2.24) is 0 Å². The molecule has 2 aliphatic heterocycles. The molecule has 2 aliphatic rings. The highest BCUT2D eigenvalue weighted by molar-refractivity contribution is 6.98. The van der Waals surface area contributed by atoms with Crippen LogP contribution in [0.4, 0.5) is 26.3 Å². The number of ether oxygens (including phenoxy) is 1. The molecule has 0 aliphatic carbocycles. The predicted octanol–water partition coefficient (Wildman–Crippen LogP) is 4.99. The van der Waals surface area contributed by atoms with Gasteiger partial charge in [-0.3, -0.25) is 0 Å². The first-order valence-corrected chi connectivity index (χ1v) is 9.63. The topological polar surface area (TPSA) is 9.23 Å². The van der Waals surface area contributed by atoms with Crippen LogP contribution >= 0.6 is 0 Å². The summed E-state index contributed by atoms with van der Waals surface area (Å²) in [5.41, 5.74) is -0.805. The first-order valence-electron chi connectivity index (χ1n) is 9.63. The molecular weight excluding hydrogens is 417 g/mol. The molecule has 0 aromatic heterocycles. The van der Waals surface area contributed by atoms with Crippen molar-refractivity contribution < 1.29 is 31.1 Å². The molecule has 2 heterocycles. The number of halogens is 6. The van der Waals surface area contributed by atoms with Crippen LogP contribution in [0.1, 0.15) is 36.1 Å². The summed E-state index contributed by atoms with van der Waals surface area (Å²) in [4.78, 5) is 0. The molecule has 3 aromatic rings. The van der Waals surface area contributed by atoms with Gasteiger partial charge in [0.2, 0.25) is 0 Å². The van der Waals surface area contributed by atoms with E-state index in [1.165, 1.54) is 12.1 Å². The van der Waals surface area contributed by atoms with Crippen LogP contribution in [-0.2, 0) is 17.8 Å². The van der Waals surface area contributed by atoms with E-state index in [1.54, 1.807) is 38.1 Å². The molecule has 5 rings (SSSR count). The molecule has 0 amide bonds. The summed E-state index contributed by atoms with van der Waals surface area (Å²) in [6, 6.07) is 12.4. The smallest absolute Gasteiger partial charge is 0.416 e. The highest BCUT2D eigenvalue weighted by atomic mass is 19.4. The second-order valence-electron chi connectivity index (χ2n) is 8.40. The second-order valence-corrected chi connectivity index (χ2v) is 8.40. The van der Waals surface area contributed by atoms with Gasteiger partial charge in [0, 0.05) is 5.41 Å². The third-order valence-corrected chi connectivity index (χ3v) is 6.24. The fourth-order valence-electron chi connectivity index (χ4n) is 4.98. The van der Waals surface area contributed by atoms with Crippen LogP contribution in [0.25, 0.3) is 0 Å². The lowest BCUT2D eigenvalue weighted by Gasteiger charge is -2.43. The van der Waals surface area contributed by atoms with Crippen molar-refractivity contribution >= 4 is 23.1 Å². The molecule has 3 aromatic carbocycles. The quantitative estimate of drug-likeness (QED) is 0.281. The Balaban J connectivity index is 1.90. The number of benzene rings is 3. The minimum atomic E-state index is -4.62. The van der Waals surface area contributed by atoms with Crippen molar-refractivity contribution in [2.24, 2.45) is 0 Å². The molecule has 0 atom stereocenters. The van der Waals surface area contributed by atoms with E-state index in [2.05, 4.69) is 0 Å². The number of fused-ring (bicyclic) bond motifs is 4. The summed E-state index contributed by atoms with van der Waals surface area (Å²) in [6.07, 6.45) is -9.20. The molecule has 0 N–H and O–H groups in total. The van der Waals surface area contributed by atoms with Crippen molar-refractivity contribution in [3.05, 3.63) is 76.9 Å². The lowest BCUT2D eigenvalue weighted by Crippen LogP contribution is -2.63. The maximum Gasteiger partial charge on any atom is 0.416 e. The van der Waals surface area contributed by atoms with Gasteiger partial charge in [-0.25, -0.2) is 0 Å². The molecule has 1 nitrogen and oxygen atoms in total. The summed E-state index contributed by atoms with van der Waals surface area (Å²) in [5, 5.41) is 0. The average Bonchev–Trinajstić information content (AvgIpc) is 2.68. The Bertz CT molecular complexity index is 1230. The van der Waals surface area contributed by atoms with Gasteiger partial charge in [0.05, 0.1) is 11.1 Å². The van der Waals surface area contributed by atoms with Gasteiger partial charge in [0.15, 0.2) is 0 Å². The van der Waals surface area contributed by atoms with Crippen LogP contribution in [0.3, 0.4) is 0 Å². The molecule has 0 saturated carbocycles. The summed E-state index contributed by atoms with van der Waals surface area (Å²) < 4.78 is 88.1. The van der Waals surface area contributed by atoms with Crippen molar-refractivity contribution in [2.75, 3.05) is 0 Å². The van der Waals surface area contributed by atoms with E-state index >= 15 is 0 Å². The highest BCUT2D eigenvalue weighted by Gasteiger charge is 2.50. The predicted molar refractivity (Wildman–Crippen MR) is 106 cm³/mol. The van der Waals surface area contributed by atoms with Crippen LogP contribution in [0.15, 0.2) is 54.6 Å². The minimum Gasteiger partial charge on any atom is -0.458 e. The largest absolute Gasteiger partial charge is 0.458 e. The maximum absolute atomic E-state index is 14.0. The molecule has 0 fully saturated rings. The molecule has 8 heteroatoms. The Morgan fingerprint density at radius 1 is 0.774 bits per heavy atom. The Hall–Kier alpha value is -2.90. The van der Waals surface area contributed by atoms with E-state index < -0.39 is 35.6 Å². The van der Waals surface area contributed by atoms with E-state index in [-0.39, 0.29) is 28.0 Å². The minimum absolute atomic E-state index is 0.0456. The van der Waals surface area contributed by atoms with Crippen molar-refractivity contribution in [3.63, 3.8) is 0 Å². The zero-order valence-electron chi connectivity index (χ0n) is 16.4. The van der Waals surface area contributed by atoms with Gasteiger partial charge in [-0.1, -0.05) is 49.6 Å². The Labute approximate surface area is 174 Å². The zero-order valence-corrected chi connectivity index (χ0v) is 16.4. The lowest BCUT2D eigenvalue weighted by atomic mass is 9.30. The van der Waals surface area contributed by atoms with Crippen LogP contribution < -0.4 is 21.1 Å². The molecule has 0 saturated heterocycles. The van der Waals surface area contributed by atoms with E-state index in [9.17, 15) is 26.3 Å². The van der Waals surface area contributed by atoms with E-state index in [0.29, 0.717) is 11.0 Å². The summed E-state index contributed by atoms with van der Waals surface area (Å²) >= 11 is 0. The second kappa shape index (κ2) is 6.08. The third kappa shape index (κ3) is 2.80. The SMILES string of the molecule is CC1(C)c2ccccc2B2c3cc(C(F)(F)F)ccc3Oc3ccc(C(F)(F)F)c1c32. The van der Waals surface area contributed by atoms with Gasteiger partial charge >= 0.3 is 12.4 Å². The third-order valence-electron chi connectivity index (χ3n) is 6.24. The molecule has 31 heavy (non-hydrogen) atoms. The Morgan fingerprint density at radius 2 is 1.45 bits per heavy atom. The Morgan fingerprint density at radius 3 is 2.13 bits per heavy atom. The number of hydrogen-bond donors (Lipinski definition) is 0. The molecule has 158 valence electrons. The van der Waals surface area contributed by atoms with E-state index in [1.807, 2.05) is 0 Å². The van der Waals surface area contributed by atoms with Gasteiger partial charge < -0.3 is 4.74 Å². The van der Waals surface area contributed by atoms with Gasteiger partial charge in [-0.2, -0.15) is 26.3 Å². The normalized spacial score (nSPS) is 16.2. The van der Waals surface area contributed by atoms with Crippen LogP contribution in [0, 0.1) is 0 Å². The van der Waals surface area contributed by atoms with Gasteiger partial charge in [0.25, 0.3) is 6.71 Å². The maximum atomic E-state index is 14.0. The summed E-state index contributed by atoms with van der Waals surface area (Å²) in [7, 11) is 0. The van der Waals surface area contributed by atoms with Crippen molar-refractivity contribution in [2.45, 2.75) is 31.6 Å². The Kier molecular flexibility index (Phi) is 3.93. The molecule has 0 unspecified atom stereocenters.